The largest absolute Gasteiger partial charge is 0.450 e. The first-order valence-corrected chi connectivity index (χ1v) is 9.96. The van der Waals surface area contributed by atoms with Crippen molar-refractivity contribution in [3.8, 4) is 0 Å². The highest BCUT2D eigenvalue weighted by Crippen LogP contribution is 2.28. The fourth-order valence-corrected chi connectivity index (χ4v) is 3.93. The lowest BCUT2D eigenvalue weighted by atomic mass is 10.1. The van der Waals surface area contributed by atoms with E-state index in [-0.39, 0.29) is 6.03 Å². The van der Waals surface area contributed by atoms with Crippen molar-refractivity contribution in [2.24, 2.45) is 0 Å². The molecule has 0 aliphatic carbocycles. The van der Waals surface area contributed by atoms with Crippen molar-refractivity contribution < 1.29 is 14.3 Å². The number of ether oxygens (including phenoxy) is 1. The predicted octanol–water partition coefficient (Wildman–Crippen LogP) is 3.41. The molecule has 3 rings (SSSR count). The molecule has 8 heteroatoms. The number of hydrogen-bond acceptors (Lipinski definition) is 5. The summed E-state index contributed by atoms with van der Waals surface area (Å²) in [5.74, 6) is 0. The molecule has 1 aliphatic rings. The lowest BCUT2D eigenvalue weighted by Crippen LogP contribution is -2.42. The van der Waals surface area contributed by atoms with Crippen LogP contribution in [0, 0.1) is 0 Å². The number of urea groups is 1. The van der Waals surface area contributed by atoms with Crippen LogP contribution in [0.2, 0.25) is 0 Å². The number of benzene rings is 1. The molecule has 27 heavy (non-hydrogen) atoms. The van der Waals surface area contributed by atoms with Gasteiger partial charge in [-0.2, -0.15) is 0 Å². The second-order valence-corrected chi connectivity index (χ2v) is 7.31. The van der Waals surface area contributed by atoms with Gasteiger partial charge in [0.15, 0.2) is 5.13 Å². The van der Waals surface area contributed by atoms with E-state index < -0.39 is 6.09 Å². The van der Waals surface area contributed by atoms with Crippen molar-refractivity contribution in [3.63, 3.8) is 0 Å². The maximum absolute atomic E-state index is 12.4. The minimum Gasteiger partial charge on any atom is -0.450 e. The van der Waals surface area contributed by atoms with E-state index in [0.29, 0.717) is 37.8 Å². The summed E-state index contributed by atoms with van der Waals surface area (Å²) in [4.78, 5) is 31.1. The van der Waals surface area contributed by atoms with Crippen LogP contribution in [0.5, 0.6) is 0 Å². The summed E-state index contributed by atoms with van der Waals surface area (Å²) < 4.78 is 4.87. The van der Waals surface area contributed by atoms with E-state index in [0.717, 1.165) is 23.4 Å². The van der Waals surface area contributed by atoms with E-state index >= 15 is 0 Å². The molecule has 3 amide bonds. The molecule has 1 aliphatic heterocycles. The number of aryl methyl sites for hydroxylation is 1. The van der Waals surface area contributed by atoms with Crippen LogP contribution in [0.25, 0.3) is 0 Å². The van der Waals surface area contributed by atoms with Crippen LogP contribution in [-0.4, -0.2) is 41.7 Å². The van der Waals surface area contributed by atoms with Crippen LogP contribution < -0.4 is 10.6 Å². The summed E-state index contributed by atoms with van der Waals surface area (Å²) in [6.45, 7) is 3.86. The molecular formula is C19H24N4O3S. The molecule has 0 spiro atoms. The van der Waals surface area contributed by atoms with Gasteiger partial charge in [-0.15, -0.1) is 0 Å². The van der Waals surface area contributed by atoms with Crippen LogP contribution in [0.3, 0.4) is 0 Å². The van der Waals surface area contributed by atoms with Gasteiger partial charge in [-0.05, 0) is 25.3 Å². The highest BCUT2D eigenvalue weighted by Gasteiger charge is 2.24. The molecule has 0 saturated heterocycles. The number of nitrogens with one attached hydrogen (secondary N) is 2. The standard InChI is InChI=1S/C19H24N4O3S/c1-2-26-19(25)22-17-21-15-10-12-23(13-16(15)27-17)18(24)20-11-6-9-14-7-4-3-5-8-14/h3-5,7-8H,2,6,9-13H2,1H3,(H,20,24)(H,21,22,25). The molecule has 0 unspecified atom stereocenters. The van der Waals surface area contributed by atoms with Crippen molar-refractivity contribution in [1.29, 1.82) is 0 Å². The van der Waals surface area contributed by atoms with E-state index in [1.54, 1.807) is 11.8 Å². The highest BCUT2D eigenvalue weighted by atomic mass is 32.1. The predicted molar refractivity (Wildman–Crippen MR) is 105 cm³/mol. The molecule has 2 heterocycles. The minimum absolute atomic E-state index is 0.0537. The summed E-state index contributed by atoms with van der Waals surface area (Å²) >= 11 is 1.39. The Morgan fingerprint density at radius 2 is 2.11 bits per heavy atom. The number of rotatable bonds is 6. The zero-order chi connectivity index (χ0) is 19.1. The molecule has 1 aromatic heterocycles. The third-order valence-electron chi connectivity index (χ3n) is 4.26. The number of carbonyl (C=O) groups is 2. The number of anilines is 1. The van der Waals surface area contributed by atoms with E-state index in [2.05, 4.69) is 27.8 Å². The van der Waals surface area contributed by atoms with Crippen molar-refractivity contribution in [1.82, 2.24) is 15.2 Å². The number of hydrogen-bond donors (Lipinski definition) is 2. The number of nitrogens with zero attached hydrogens (tertiary/aromatic N) is 2. The normalized spacial score (nSPS) is 13.0. The molecule has 0 bridgehead atoms. The first-order chi connectivity index (χ1) is 13.2. The number of amides is 3. The van der Waals surface area contributed by atoms with Gasteiger partial charge in [-0.3, -0.25) is 5.32 Å². The lowest BCUT2D eigenvalue weighted by molar-refractivity contribution is 0.168. The Bertz CT molecular complexity index is 779. The number of thiazole rings is 1. The zero-order valence-corrected chi connectivity index (χ0v) is 16.2. The highest BCUT2D eigenvalue weighted by molar-refractivity contribution is 7.15. The SMILES string of the molecule is CCOC(=O)Nc1nc2c(s1)CN(C(=O)NCCCc1ccccc1)CC2. The molecule has 2 N–H and O–H groups in total. The van der Waals surface area contributed by atoms with Crippen molar-refractivity contribution in [2.45, 2.75) is 32.7 Å². The fraction of sp³-hybridized carbons (Fsp3) is 0.421. The second-order valence-electron chi connectivity index (χ2n) is 6.23. The van der Waals surface area contributed by atoms with Gasteiger partial charge in [0.2, 0.25) is 0 Å². The van der Waals surface area contributed by atoms with Crippen molar-refractivity contribution in [2.75, 3.05) is 25.0 Å². The molecule has 0 saturated carbocycles. The monoisotopic (exact) mass is 388 g/mol. The van der Waals surface area contributed by atoms with Crippen molar-refractivity contribution >= 4 is 28.6 Å². The third kappa shape index (κ3) is 5.43. The van der Waals surface area contributed by atoms with Gasteiger partial charge in [-0.1, -0.05) is 41.7 Å². The molecule has 7 nitrogen and oxygen atoms in total. The number of carbonyl (C=O) groups excluding carboxylic acids is 2. The molecule has 0 fully saturated rings. The van der Waals surface area contributed by atoms with Crippen LogP contribution in [0.4, 0.5) is 14.7 Å². The third-order valence-corrected chi connectivity index (χ3v) is 5.26. The first kappa shape index (κ1) is 19.2. The minimum atomic E-state index is -0.503. The van der Waals surface area contributed by atoms with E-state index in [1.165, 1.54) is 16.9 Å². The Balaban J connectivity index is 1.45. The van der Waals surface area contributed by atoms with Crippen LogP contribution >= 0.6 is 11.3 Å². The molecule has 1 aromatic carbocycles. The van der Waals surface area contributed by atoms with Gasteiger partial charge in [0.25, 0.3) is 0 Å². The Morgan fingerprint density at radius 1 is 1.30 bits per heavy atom. The van der Waals surface area contributed by atoms with Gasteiger partial charge in [-0.25, -0.2) is 14.6 Å². The number of fused-ring (bicyclic) bond motifs is 1. The maximum Gasteiger partial charge on any atom is 0.413 e. The van der Waals surface area contributed by atoms with Crippen LogP contribution in [0.15, 0.2) is 30.3 Å². The zero-order valence-electron chi connectivity index (χ0n) is 15.4. The topological polar surface area (TPSA) is 83.6 Å². The molecule has 2 aromatic rings. The average molecular weight is 388 g/mol. The van der Waals surface area contributed by atoms with Gasteiger partial charge in [0, 0.05) is 24.4 Å². The smallest absolute Gasteiger partial charge is 0.413 e. The van der Waals surface area contributed by atoms with Crippen molar-refractivity contribution in [3.05, 3.63) is 46.5 Å². The van der Waals surface area contributed by atoms with Gasteiger partial charge >= 0.3 is 12.1 Å². The second kappa shape index (κ2) is 9.36. The quantitative estimate of drug-likeness (QED) is 0.743. The van der Waals surface area contributed by atoms with Gasteiger partial charge < -0.3 is 15.0 Å². The summed E-state index contributed by atoms with van der Waals surface area (Å²) in [7, 11) is 0. The molecule has 144 valence electrons. The van der Waals surface area contributed by atoms with Gasteiger partial charge in [0.05, 0.1) is 18.8 Å². The Hall–Kier alpha value is -2.61. The number of aromatic nitrogens is 1. The van der Waals surface area contributed by atoms with E-state index in [9.17, 15) is 9.59 Å². The average Bonchev–Trinajstić information content (AvgIpc) is 3.07. The summed E-state index contributed by atoms with van der Waals surface area (Å²) in [5.41, 5.74) is 2.22. The van der Waals surface area contributed by atoms with Crippen LogP contribution in [-0.2, 0) is 24.1 Å². The lowest BCUT2D eigenvalue weighted by Gasteiger charge is -2.26. The van der Waals surface area contributed by atoms with Gasteiger partial charge in [0.1, 0.15) is 0 Å². The summed E-state index contributed by atoms with van der Waals surface area (Å²) in [6, 6.07) is 10.2. The summed E-state index contributed by atoms with van der Waals surface area (Å²) in [6.07, 6.45) is 2.04. The maximum atomic E-state index is 12.4. The summed E-state index contributed by atoms with van der Waals surface area (Å²) in [5, 5.41) is 6.14. The Kier molecular flexibility index (Phi) is 6.64. The van der Waals surface area contributed by atoms with Crippen LogP contribution in [0.1, 0.15) is 29.5 Å². The molecule has 0 atom stereocenters. The first-order valence-electron chi connectivity index (χ1n) is 9.14. The Morgan fingerprint density at radius 3 is 2.89 bits per heavy atom. The Labute approximate surface area is 162 Å². The van der Waals surface area contributed by atoms with E-state index in [1.807, 2.05) is 18.2 Å². The molecular weight excluding hydrogens is 364 g/mol. The van der Waals surface area contributed by atoms with E-state index in [4.69, 9.17) is 4.74 Å². The molecule has 0 radical (unpaired) electrons. The fourth-order valence-electron chi connectivity index (χ4n) is 2.92.